The molecule has 4 nitrogen and oxygen atoms in total. The first-order valence-electron chi connectivity index (χ1n) is 9.97. The van der Waals surface area contributed by atoms with Crippen LogP contribution in [0.5, 0.6) is 0 Å². The highest BCUT2D eigenvalue weighted by molar-refractivity contribution is 5.95. The molecule has 3 aromatic carbocycles. The van der Waals surface area contributed by atoms with E-state index in [0.29, 0.717) is 11.6 Å². The Morgan fingerprint density at radius 3 is 2.41 bits per heavy atom. The Morgan fingerprint density at radius 1 is 0.966 bits per heavy atom. The molecule has 146 valence electrons. The van der Waals surface area contributed by atoms with Gasteiger partial charge in [0.1, 0.15) is 0 Å². The summed E-state index contributed by atoms with van der Waals surface area (Å²) in [4.78, 5) is 24.3. The Labute approximate surface area is 170 Å². The van der Waals surface area contributed by atoms with Crippen molar-refractivity contribution in [3.8, 4) is 0 Å². The molecule has 1 aliphatic carbocycles. The van der Waals surface area contributed by atoms with Crippen LogP contribution in [-0.2, 0) is 4.79 Å². The lowest BCUT2D eigenvalue weighted by molar-refractivity contribution is -0.117. The predicted octanol–water partition coefficient (Wildman–Crippen LogP) is 4.62. The van der Waals surface area contributed by atoms with Crippen molar-refractivity contribution in [2.45, 2.75) is 31.8 Å². The standard InChI is InChI=1S/C25H24N2O2/c1-17(21-12-11-19-4-2-3-5-22(19)16-21)26-24(28)15-8-18-6-9-20(10-7-18)25(29)27-23-13-14-23/h2-12,15-17,23H,13-14H2,1H3,(H,26,28)(H,27,29)/b15-8+. The van der Waals surface area contributed by atoms with E-state index in [1.54, 1.807) is 18.2 Å². The number of nitrogens with one attached hydrogen (secondary N) is 2. The second-order valence-electron chi connectivity index (χ2n) is 7.54. The van der Waals surface area contributed by atoms with Crippen LogP contribution in [0.15, 0.2) is 72.8 Å². The zero-order valence-corrected chi connectivity index (χ0v) is 16.4. The van der Waals surface area contributed by atoms with Gasteiger partial charge in [0.05, 0.1) is 6.04 Å². The van der Waals surface area contributed by atoms with E-state index in [1.807, 2.05) is 37.3 Å². The molecular formula is C25H24N2O2. The molecule has 0 bridgehead atoms. The van der Waals surface area contributed by atoms with E-state index < -0.39 is 0 Å². The normalized spacial score (nSPS) is 14.7. The zero-order chi connectivity index (χ0) is 20.2. The van der Waals surface area contributed by atoms with Crippen molar-refractivity contribution in [2.75, 3.05) is 0 Å². The monoisotopic (exact) mass is 384 g/mol. The van der Waals surface area contributed by atoms with Crippen molar-refractivity contribution in [1.29, 1.82) is 0 Å². The van der Waals surface area contributed by atoms with Gasteiger partial charge in [-0.05, 0) is 65.9 Å². The first-order chi connectivity index (χ1) is 14.1. The van der Waals surface area contributed by atoms with Crippen LogP contribution >= 0.6 is 0 Å². The van der Waals surface area contributed by atoms with Crippen LogP contribution in [0.25, 0.3) is 16.8 Å². The highest BCUT2D eigenvalue weighted by Gasteiger charge is 2.23. The second kappa shape index (κ2) is 8.31. The molecule has 0 saturated heterocycles. The van der Waals surface area contributed by atoms with E-state index in [9.17, 15) is 9.59 Å². The predicted molar refractivity (Wildman–Crippen MR) is 116 cm³/mol. The third-order valence-corrected chi connectivity index (χ3v) is 5.14. The quantitative estimate of drug-likeness (QED) is 0.609. The molecule has 0 aromatic heterocycles. The molecular weight excluding hydrogens is 360 g/mol. The zero-order valence-electron chi connectivity index (χ0n) is 16.4. The fraction of sp³-hybridized carbons (Fsp3) is 0.200. The summed E-state index contributed by atoms with van der Waals surface area (Å²) in [5, 5.41) is 8.31. The van der Waals surface area contributed by atoms with Crippen LogP contribution in [0.1, 0.15) is 47.3 Å². The summed E-state index contributed by atoms with van der Waals surface area (Å²) < 4.78 is 0. The summed E-state index contributed by atoms with van der Waals surface area (Å²) in [6.07, 6.45) is 5.42. The van der Waals surface area contributed by atoms with Crippen molar-refractivity contribution in [2.24, 2.45) is 0 Å². The van der Waals surface area contributed by atoms with Gasteiger partial charge in [-0.25, -0.2) is 0 Å². The molecule has 2 amide bonds. The van der Waals surface area contributed by atoms with E-state index in [2.05, 4.69) is 34.9 Å². The van der Waals surface area contributed by atoms with Gasteiger partial charge in [-0.3, -0.25) is 9.59 Å². The molecule has 1 fully saturated rings. The van der Waals surface area contributed by atoms with Gasteiger partial charge in [-0.15, -0.1) is 0 Å². The van der Waals surface area contributed by atoms with Crippen molar-refractivity contribution in [3.05, 3.63) is 89.5 Å². The number of hydrogen-bond donors (Lipinski definition) is 2. The summed E-state index contributed by atoms with van der Waals surface area (Å²) in [6.45, 7) is 1.98. The number of carbonyl (C=O) groups is 2. The van der Waals surface area contributed by atoms with E-state index in [4.69, 9.17) is 0 Å². The van der Waals surface area contributed by atoms with Crippen molar-refractivity contribution in [3.63, 3.8) is 0 Å². The highest BCUT2D eigenvalue weighted by atomic mass is 16.2. The summed E-state index contributed by atoms with van der Waals surface area (Å²) >= 11 is 0. The smallest absolute Gasteiger partial charge is 0.251 e. The minimum absolute atomic E-state index is 0.0371. The molecule has 4 rings (SSSR count). The Kier molecular flexibility index (Phi) is 5.43. The van der Waals surface area contributed by atoms with Crippen molar-refractivity contribution in [1.82, 2.24) is 10.6 Å². The molecule has 0 heterocycles. The summed E-state index contributed by atoms with van der Waals surface area (Å²) in [7, 11) is 0. The second-order valence-corrected chi connectivity index (χ2v) is 7.54. The number of fused-ring (bicyclic) bond motifs is 1. The SMILES string of the molecule is CC(NC(=O)/C=C/c1ccc(C(=O)NC2CC2)cc1)c1ccc2ccccc2c1. The van der Waals surface area contributed by atoms with Crippen LogP contribution < -0.4 is 10.6 Å². The number of hydrogen-bond acceptors (Lipinski definition) is 2. The first-order valence-corrected chi connectivity index (χ1v) is 9.97. The van der Waals surface area contributed by atoms with E-state index in [1.165, 1.54) is 11.5 Å². The van der Waals surface area contributed by atoms with Gasteiger partial charge >= 0.3 is 0 Å². The molecule has 29 heavy (non-hydrogen) atoms. The van der Waals surface area contributed by atoms with Crippen LogP contribution in [0.3, 0.4) is 0 Å². The van der Waals surface area contributed by atoms with E-state index in [-0.39, 0.29) is 17.9 Å². The topological polar surface area (TPSA) is 58.2 Å². The van der Waals surface area contributed by atoms with Gasteiger partial charge in [0.2, 0.25) is 5.91 Å². The summed E-state index contributed by atoms with van der Waals surface area (Å²) in [6, 6.07) is 21.9. The average Bonchev–Trinajstić information content (AvgIpc) is 3.56. The number of amides is 2. The number of rotatable bonds is 6. The average molecular weight is 384 g/mol. The molecule has 1 unspecified atom stereocenters. The third kappa shape index (κ3) is 4.91. The maximum absolute atomic E-state index is 12.3. The molecule has 1 atom stereocenters. The Hall–Kier alpha value is -3.40. The minimum atomic E-state index is -0.152. The van der Waals surface area contributed by atoms with Gasteiger partial charge in [-0.2, -0.15) is 0 Å². The Morgan fingerprint density at radius 2 is 1.69 bits per heavy atom. The molecule has 0 radical (unpaired) electrons. The minimum Gasteiger partial charge on any atom is -0.349 e. The van der Waals surface area contributed by atoms with E-state index >= 15 is 0 Å². The summed E-state index contributed by atoms with van der Waals surface area (Å²) in [5.74, 6) is -0.189. The lowest BCUT2D eigenvalue weighted by atomic mass is 10.0. The van der Waals surface area contributed by atoms with Crippen LogP contribution in [-0.4, -0.2) is 17.9 Å². The van der Waals surface area contributed by atoms with Gasteiger partial charge in [0.25, 0.3) is 5.91 Å². The summed E-state index contributed by atoms with van der Waals surface area (Å²) in [5.41, 5.74) is 2.58. The largest absolute Gasteiger partial charge is 0.349 e. The molecule has 4 heteroatoms. The number of carbonyl (C=O) groups excluding carboxylic acids is 2. The van der Waals surface area contributed by atoms with Gasteiger partial charge in [0.15, 0.2) is 0 Å². The van der Waals surface area contributed by atoms with Gasteiger partial charge < -0.3 is 10.6 Å². The maximum Gasteiger partial charge on any atom is 0.251 e. The highest BCUT2D eigenvalue weighted by Crippen LogP contribution is 2.21. The van der Waals surface area contributed by atoms with E-state index in [0.717, 1.165) is 29.4 Å². The molecule has 3 aromatic rings. The van der Waals surface area contributed by atoms with Crippen LogP contribution in [0.4, 0.5) is 0 Å². The third-order valence-electron chi connectivity index (χ3n) is 5.14. The number of benzene rings is 3. The van der Waals surface area contributed by atoms with Crippen molar-refractivity contribution < 1.29 is 9.59 Å². The van der Waals surface area contributed by atoms with Gasteiger partial charge in [-0.1, -0.05) is 48.5 Å². The van der Waals surface area contributed by atoms with Crippen molar-refractivity contribution >= 4 is 28.7 Å². The Bertz CT molecular complexity index is 1070. The molecule has 0 aliphatic heterocycles. The fourth-order valence-corrected chi connectivity index (χ4v) is 3.24. The molecule has 0 spiro atoms. The first kappa shape index (κ1) is 18.9. The lowest BCUT2D eigenvalue weighted by Crippen LogP contribution is -2.25. The fourth-order valence-electron chi connectivity index (χ4n) is 3.24. The Balaban J connectivity index is 1.35. The molecule has 2 N–H and O–H groups in total. The molecule has 1 aliphatic rings. The van der Waals surface area contributed by atoms with Crippen LogP contribution in [0, 0.1) is 0 Å². The lowest BCUT2D eigenvalue weighted by Gasteiger charge is -2.14. The van der Waals surface area contributed by atoms with Crippen LogP contribution in [0.2, 0.25) is 0 Å². The maximum atomic E-state index is 12.3. The van der Waals surface area contributed by atoms with Gasteiger partial charge in [0, 0.05) is 17.7 Å². The molecule has 1 saturated carbocycles.